The van der Waals surface area contributed by atoms with Crippen LogP contribution in [-0.4, -0.2) is 54.9 Å². The zero-order valence-electron chi connectivity index (χ0n) is 19.5. The summed E-state index contributed by atoms with van der Waals surface area (Å²) < 4.78 is 13.0. The molecule has 3 heterocycles. The van der Waals surface area contributed by atoms with E-state index in [0.717, 1.165) is 37.0 Å². The van der Waals surface area contributed by atoms with Crippen molar-refractivity contribution in [2.75, 3.05) is 6.61 Å². The van der Waals surface area contributed by atoms with Crippen LogP contribution in [0, 0.1) is 0 Å². The topological polar surface area (TPSA) is 128 Å². The zero-order valence-corrected chi connectivity index (χ0v) is 19.5. The molecule has 0 saturated carbocycles. The van der Waals surface area contributed by atoms with E-state index in [1.165, 1.54) is 6.33 Å². The third kappa shape index (κ3) is 5.51. The Balaban J connectivity index is 1.51. The average Bonchev–Trinajstić information content (AvgIpc) is 3.23. The number of hydrogen-bond acceptors (Lipinski definition) is 7. The van der Waals surface area contributed by atoms with Crippen molar-refractivity contribution in [1.29, 1.82) is 0 Å². The Hall–Kier alpha value is -3.53. The number of imidazole rings is 1. The van der Waals surface area contributed by atoms with E-state index in [-0.39, 0.29) is 12.6 Å². The number of carbonyl (C=O) groups excluding carboxylic acids is 1. The minimum atomic E-state index is -1.14. The van der Waals surface area contributed by atoms with Gasteiger partial charge in [0.1, 0.15) is 35.4 Å². The molecule has 1 aliphatic heterocycles. The quantitative estimate of drug-likeness (QED) is 0.561. The average molecular weight is 468 g/mol. The first-order valence-corrected chi connectivity index (χ1v) is 11.3. The molecule has 1 aliphatic rings. The fourth-order valence-corrected chi connectivity index (χ4v) is 3.90. The molecule has 0 unspecified atom stereocenters. The summed E-state index contributed by atoms with van der Waals surface area (Å²) in [6.07, 6.45) is 5.61. The lowest BCUT2D eigenvalue weighted by atomic mass is 10.0. The number of carboxylic acid groups (broad SMARTS) is 1. The molecule has 1 aromatic carbocycles. The van der Waals surface area contributed by atoms with Gasteiger partial charge in [0.05, 0.1) is 6.33 Å². The van der Waals surface area contributed by atoms with Crippen molar-refractivity contribution in [1.82, 2.24) is 24.8 Å². The van der Waals surface area contributed by atoms with Gasteiger partial charge in [-0.15, -0.1) is 0 Å². The van der Waals surface area contributed by atoms with Crippen LogP contribution in [0.2, 0.25) is 0 Å². The van der Waals surface area contributed by atoms with Crippen LogP contribution in [0.4, 0.5) is 4.79 Å². The Kier molecular flexibility index (Phi) is 6.78. The van der Waals surface area contributed by atoms with E-state index in [9.17, 15) is 14.7 Å². The van der Waals surface area contributed by atoms with Gasteiger partial charge in [0.15, 0.2) is 5.65 Å². The van der Waals surface area contributed by atoms with E-state index >= 15 is 0 Å². The lowest BCUT2D eigenvalue weighted by Crippen LogP contribution is -2.44. The third-order valence-corrected chi connectivity index (χ3v) is 5.48. The maximum atomic E-state index is 12.0. The Morgan fingerprint density at radius 2 is 1.97 bits per heavy atom. The van der Waals surface area contributed by atoms with Crippen LogP contribution in [0.25, 0.3) is 22.4 Å². The molecule has 180 valence electrons. The lowest BCUT2D eigenvalue weighted by molar-refractivity contribution is -0.139. The van der Waals surface area contributed by atoms with Crippen LogP contribution in [0.5, 0.6) is 0 Å². The summed E-state index contributed by atoms with van der Waals surface area (Å²) in [6, 6.07) is 6.24. The smallest absolute Gasteiger partial charge is 0.408 e. The summed E-state index contributed by atoms with van der Waals surface area (Å²) in [5, 5.41) is 12.0. The minimum Gasteiger partial charge on any atom is -0.480 e. The second-order valence-electron chi connectivity index (χ2n) is 9.31. The molecular weight excluding hydrogens is 438 g/mol. The monoisotopic (exact) mass is 467 g/mol. The molecule has 1 saturated heterocycles. The van der Waals surface area contributed by atoms with Gasteiger partial charge in [-0.1, -0.05) is 24.3 Å². The van der Waals surface area contributed by atoms with Gasteiger partial charge in [0.2, 0.25) is 0 Å². The molecule has 4 rings (SSSR count). The summed E-state index contributed by atoms with van der Waals surface area (Å²) in [5.74, 6) is -1.14. The number of carboxylic acids is 1. The van der Waals surface area contributed by atoms with Crippen molar-refractivity contribution in [3.05, 3.63) is 42.5 Å². The van der Waals surface area contributed by atoms with Gasteiger partial charge in [-0.25, -0.2) is 24.5 Å². The predicted octanol–water partition coefficient (Wildman–Crippen LogP) is 3.71. The normalized spacial score (nSPS) is 17.3. The largest absolute Gasteiger partial charge is 0.480 e. The molecule has 1 amide bonds. The van der Waals surface area contributed by atoms with Gasteiger partial charge in [-0.2, -0.15) is 0 Å². The first-order valence-electron chi connectivity index (χ1n) is 11.3. The molecule has 0 spiro atoms. The first-order chi connectivity index (χ1) is 16.2. The number of amides is 1. The molecule has 0 bridgehead atoms. The van der Waals surface area contributed by atoms with E-state index in [4.69, 9.17) is 9.47 Å². The molecule has 2 N–H and O–H groups in total. The summed E-state index contributed by atoms with van der Waals surface area (Å²) in [4.78, 5) is 37.1. The van der Waals surface area contributed by atoms with Gasteiger partial charge in [0.25, 0.3) is 0 Å². The van der Waals surface area contributed by atoms with Crippen LogP contribution >= 0.6 is 0 Å². The predicted molar refractivity (Wildman–Crippen MR) is 124 cm³/mol. The maximum absolute atomic E-state index is 12.0. The third-order valence-electron chi connectivity index (χ3n) is 5.48. The molecule has 3 aromatic rings. The van der Waals surface area contributed by atoms with Crippen LogP contribution in [0.1, 0.15) is 51.8 Å². The molecule has 0 radical (unpaired) electrons. The second kappa shape index (κ2) is 9.76. The van der Waals surface area contributed by atoms with Crippen molar-refractivity contribution in [2.45, 2.75) is 64.3 Å². The summed E-state index contributed by atoms with van der Waals surface area (Å²) in [6.45, 7) is 5.88. The molecule has 2 atom stereocenters. The number of nitrogens with one attached hydrogen (secondary N) is 1. The Morgan fingerprint density at radius 1 is 1.21 bits per heavy atom. The van der Waals surface area contributed by atoms with Crippen LogP contribution in [-0.2, 0) is 20.7 Å². The number of aromatic nitrogens is 4. The Bertz CT molecular complexity index is 1160. The van der Waals surface area contributed by atoms with E-state index in [0.29, 0.717) is 16.9 Å². The van der Waals surface area contributed by atoms with Crippen LogP contribution < -0.4 is 5.32 Å². The van der Waals surface area contributed by atoms with Gasteiger partial charge in [0, 0.05) is 18.6 Å². The highest BCUT2D eigenvalue weighted by Crippen LogP contribution is 2.29. The molecule has 1 fully saturated rings. The minimum absolute atomic E-state index is 0.0747. The van der Waals surface area contributed by atoms with E-state index < -0.39 is 23.7 Å². The van der Waals surface area contributed by atoms with E-state index in [1.54, 1.807) is 27.1 Å². The molecular formula is C24H29N5O5. The standard InChI is InChI=1S/C24H29N5O5/c1-24(2,3)34-23(32)28-17(22(30)31)12-15-7-9-16(10-8-15)19-20-21(26-13-25-19)29(14-27-20)18-6-4-5-11-33-18/h7-10,13-14,17-18H,4-6,11-12H2,1-3H3,(H,28,32)(H,30,31)/t17-,18+/m1/s1. The highest BCUT2D eigenvalue weighted by molar-refractivity contribution is 5.87. The number of carbonyl (C=O) groups is 2. The number of fused-ring (bicyclic) bond motifs is 1. The highest BCUT2D eigenvalue weighted by Gasteiger charge is 2.25. The molecule has 0 aliphatic carbocycles. The maximum Gasteiger partial charge on any atom is 0.408 e. The number of hydrogen-bond donors (Lipinski definition) is 2. The highest BCUT2D eigenvalue weighted by atomic mass is 16.6. The summed E-state index contributed by atoms with van der Waals surface area (Å²) >= 11 is 0. The molecule has 2 aromatic heterocycles. The number of nitrogens with zero attached hydrogens (tertiary/aromatic N) is 4. The fourth-order valence-electron chi connectivity index (χ4n) is 3.90. The second-order valence-corrected chi connectivity index (χ2v) is 9.31. The van der Waals surface area contributed by atoms with E-state index in [1.807, 2.05) is 28.8 Å². The number of ether oxygens (including phenoxy) is 2. The van der Waals surface area contributed by atoms with Gasteiger partial charge >= 0.3 is 12.1 Å². The van der Waals surface area contributed by atoms with Gasteiger partial charge < -0.3 is 19.9 Å². The SMILES string of the molecule is CC(C)(C)OC(=O)N[C@H](Cc1ccc(-c2ncnc3c2ncn3[C@@H]2CCCCO2)cc1)C(=O)O. The van der Waals surface area contributed by atoms with Crippen molar-refractivity contribution in [3.8, 4) is 11.3 Å². The van der Waals surface area contributed by atoms with E-state index in [2.05, 4.69) is 20.3 Å². The van der Waals surface area contributed by atoms with Crippen molar-refractivity contribution >= 4 is 23.2 Å². The van der Waals surface area contributed by atoms with Crippen molar-refractivity contribution < 1.29 is 24.2 Å². The van der Waals surface area contributed by atoms with Gasteiger partial charge in [-0.05, 0) is 45.6 Å². The van der Waals surface area contributed by atoms with Crippen molar-refractivity contribution in [2.24, 2.45) is 0 Å². The Morgan fingerprint density at radius 3 is 2.62 bits per heavy atom. The van der Waals surface area contributed by atoms with Crippen LogP contribution in [0.15, 0.2) is 36.9 Å². The first kappa shape index (κ1) is 23.6. The summed E-state index contributed by atoms with van der Waals surface area (Å²) in [7, 11) is 0. The van der Waals surface area contributed by atoms with Gasteiger partial charge in [-0.3, -0.25) is 4.57 Å². The Labute approximate surface area is 197 Å². The van der Waals surface area contributed by atoms with Crippen LogP contribution in [0.3, 0.4) is 0 Å². The number of rotatable bonds is 6. The molecule has 10 nitrogen and oxygen atoms in total. The zero-order chi connectivity index (χ0) is 24.3. The van der Waals surface area contributed by atoms with Crippen molar-refractivity contribution in [3.63, 3.8) is 0 Å². The number of benzene rings is 1. The molecule has 34 heavy (non-hydrogen) atoms. The fraction of sp³-hybridized carbons (Fsp3) is 0.458. The lowest BCUT2D eigenvalue weighted by Gasteiger charge is -2.23. The summed E-state index contributed by atoms with van der Waals surface area (Å²) in [5.41, 5.74) is 2.95. The molecule has 10 heteroatoms. The number of aliphatic carboxylic acids is 1. The number of alkyl carbamates (subject to hydrolysis) is 1.